The molecule has 2 atom stereocenters. The summed E-state index contributed by atoms with van der Waals surface area (Å²) in [5.41, 5.74) is -0.398. The number of nitrogens with zero attached hydrogens (tertiary/aromatic N) is 2. The second-order valence-electron chi connectivity index (χ2n) is 5.66. The van der Waals surface area contributed by atoms with Crippen molar-refractivity contribution in [1.29, 1.82) is 5.26 Å². The first-order valence-electron chi connectivity index (χ1n) is 7.11. The van der Waals surface area contributed by atoms with Crippen LogP contribution in [0.5, 0.6) is 0 Å². The average molecular weight is 285 g/mol. The van der Waals surface area contributed by atoms with Crippen LogP contribution in [0.3, 0.4) is 0 Å². The Morgan fingerprint density at radius 3 is 2.89 bits per heavy atom. The molecule has 0 amide bonds. The molecule has 2 rings (SSSR count). The molecule has 0 radical (unpaired) electrons. The first-order chi connectivity index (χ1) is 9.00. The molecule has 1 saturated carbocycles. The topological polar surface area (TPSA) is 73.2 Å². The summed E-state index contributed by atoms with van der Waals surface area (Å²) in [5.74, 6) is 0.580. The van der Waals surface area contributed by atoms with E-state index in [1.54, 1.807) is 0 Å². The van der Waals surface area contributed by atoms with Crippen LogP contribution in [0.15, 0.2) is 0 Å². The van der Waals surface area contributed by atoms with Crippen molar-refractivity contribution in [3.8, 4) is 6.07 Å². The molecule has 1 saturated heterocycles. The Bertz CT molecular complexity index is 457. The highest BCUT2D eigenvalue weighted by molar-refractivity contribution is 7.91. The predicted molar refractivity (Wildman–Crippen MR) is 74.5 cm³/mol. The van der Waals surface area contributed by atoms with Gasteiger partial charge in [-0.2, -0.15) is 5.26 Å². The number of nitrogens with one attached hydrogen (secondary N) is 1. The fraction of sp³-hybridized carbons (Fsp3) is 0.923. The Morgan fingerprint density at radius 1 is 1.42 bits per heavy atom. The Kier molecular flexibility index (Phi) is 4.49. The van der Waals surface area contributed by atoms with Crippen molar-refractivity contribution in [1.82, 2.24) is 10.2 Å². The first-order valence-corrected chi connectivity index (χ1v) is 8.93. The molecule has 0 spiro atoms. The monoisotopic (exact) mass is 285 g/mol. The zero-order valence-electron chi connectivity index (χ0n) is 11.6. The third-order valence-corrected chi connectivity index (χ3v) is 6.04. The Balaban J connectivity index is 1.99. The second kappa shape index (κ2) is 5.78. The third-order valence-electron chi connectivity index (χ3n) is 4.32. The molecule has 6 heteroatoms. The lowest BCUT2D eigenvalue weighted by molar-refractivity contribution is 0.207. The van der Waals surface area contributed by atoms with Gasteiger partial charge in [0, 0.05) is 12.6 Å². The molecule has 1 aliphatic carbocycles. The molecule has 1 aliphatic heterocycles. The van der Waals surface area contributed by atoms with Gasteiger partial charge in [-0.1, -0.05) is 6.92 Å². The summed E-state index contributed by atoms with van der Waals surface area (Å²) in [7, 11) is -2.85. The van der Waals surface area contributed by atoms with Crippen molar-refractivity contribution in [2.24, 2.45) is 0 Å². The molecule has 1 N–H and O–H groups in total. The molecule has 0 bridgehead atoms. The molecule has 2 aliphatic rings. The van der Waals surface area contributed by atoms with Gasteiger partial charge in [0.2, 0.25) is 0 Å². The Morgan fingerprint density at radius 2 is 2.21 bits per heavy atom. The summed E-state index contributed by atoms with van der Waals surface area (Å²) < 4.78 is 23.3. The largest absolute Gasteiger partial charge is 0.300 e. The molecular formula is C13H23N3O2S. The Labute approximate surface area is 115 Å². The van der Waals surface area contributed by atoms with Crippen LogP contribution in [0.25, 0.3) is 0 Å². The average Bonchev–Trinajstić information content (AvgIpc) is 2.70. The molecule has 0 aromatic rings. The zero-order valence-corrected chi connectivity index (χ0v) is 12.4. The van der Waals surface area contributed by atoms with Gasteiger partial charge in [-0.25, -0.2) is 8.42 Å². The number of hydrogen-bond acceptors (Lipinski definition) is 5. The van der Waals surface area contributed by atoms with E-state index in [0.717, 1.165) is 38.8 Å². The second-order valence-corrected chi connectivity index (χ2v) is 7.97. The van der Waals surface area contributed by atoms with Crippen LogP contribution in [0, 0.1) is 11.3 Å². The molecule has 108 valence electrons. The Hall–Kier alpha value is -0.640. The summed E-state index contributed by atoms with van der Waals surface area (Å²) >= 11 is 0. The maximum Gasteiger partial charge on any atom is 0.151 e. The van der Waals surface area contributed by atoms with Gasteiger partial charge in [0.25, 0.3) is 0 Å². The summed E-state index contributed by atoms with van der Waals surface area (Å²) in [5, 5.41) is 12.7. The van der Waals surface area contributed by atoms with Crippen LogP contribution >= 0.6 is 0 Å². The highest BCUT2D eigenvalue weighted by Crippen LogP contribution is 2.33. The van der Waals surface area contributed by atoms with E-state index in [9.17, 15) is 13.7 Å². The van der Waals surface area contributed by atoms with Gasteiger partial charge in [0.05, 0.1) is 17.6 Å². The fourth-order valence-electron chi connectivity index (χ4n) is 3.29. The van der Waals surface area contributed by atoms with Crippen molar-refractivity contribution >= 4 is 9.84 Å². The van der Waals surface area contributed by atoms with E-state index in [2.05, 4.69) is 16.3 Å². The molecule has 0 aromatic heterocycles. The van der Waals surface area contributed by atoms with Crippen LogP contribution in [0.4, 0.5) is 0 Å². The summed E-state index contributed by atoms with van der Waals surface area (Å²) in [4.78, 5) is 2.28. The minimum atomic E-state index is -2.85. The highest BCUT2D eigenvalue weighted by atomic mass is 32.2. The van der Waals surface area contributed by atoms with Crippen molar-refractivity contribution < 1.29 is 8.42 Å². The normalized spacial score (nSPS) is 35.7. The predicted octanol–water partition coefficient (Wildman–Crippen LogP) is 0.531. The lowest BCUT2D eigenvalue weighted by atomic mass is 9.99. The third kappa shape index (κ3) is 3.47. The van der Waals surface area contributed by atoms with Gasteiger partial charge < -0.3 is 0 Å². The molecule has 2 fully saturated rings. The maximum absolute atomic E-state index is 11.6. The molecule has 0 aromatic carbocycles. The number of hydrogen-bond donors (Lipinski definition) is 1. The quantitative estimate of drug-likeness (QED) is 0.819. The van der Waals surface area contributed by atoms with Crippen LogP contribution in [-0.4, -0.2) is 56.0 Å². The number of rotatable bonds is 3. The molecular weight excluding hydrogens is 262 g/mol. The van der Waals surface area contributed by atoms with E-state index < -0.39 is 15.4 Å². The van der Waals surface area contributed by atoms with Crippen LogP contribution < -0.4 is 5.32 Å². The highest BCUT2D eigenvalue weighted by Gasteiger charge is 2.41. The van der Waals surface area contributed by atoms with Gasteiger partial charge in [-0.05, 0) is 38.8 Å². The standard InChI is InChI=1S/C13H23N3O2S/c1-2-15-13(11-14)5-4-12(10-13)16-6-3-8-19(17,18)9-7-16/h12,15H,2-10H2,1H3. The first kappa shape index (κ1) is 14.8. The summed E-state index contributed by atoms with van der Waals surface area (Å²) in [6.07, 6.45) is 3.39. The van der Waals surface area contributed by atoms with Gasteiger partial charge in [0.15, 0.2) is 9.84 Å². The van der Waals surface area contributed by atoms with Gasteiger partial charge in [0.1, 0.15) is 5.54 Å². The lowest BCUT2D eigenvalue weighted by Gasteiger charge is -2.28. The summed E-state index contributed by atoms with van der Waals surface area (Å²) in [6.45, 7) is 4.29. The minimum Gasteiger partial charge on any atom is -0.300 e. The van der Waals surface area contributed by atoms with E-state index in [0.29, 0.717) is 18.3 Å². The molecule has 1 heterocycles. The van der Waals surface area contributed by atoms with Gasteiger partial charge in [-0.3, -0.25) is 10.2 Å². The van der Waals surface area contributed by atoms with Gasteiger partial charge >= 0.3 is 0 Å². The SMILES string of the molecule is CCNC1(C#N)CCC(N2CCCS(=O)(=O)CC2)C1. The molecule has 5 nitrogen and oxygen atoms in total. The van der Waals surface area contributed by atoms with Crippen LogP contribution in [0.2, 0.25) is 0 Å². The van der Waals surface area contributed by atoms with Crippen molar-refractivity contribution in [2.45, 2.75) is 44.2 Å². The van der Waals surface area contributed by atoms with E-state index in [1.165, 1.54) is 0 Å². The maximum atomic E-state index is 11.6. The summed E-state index contributed by atoms with van der Waals surface area (Å²) in [6, 6.07) is 2.78. The van der Waals surface area contributed by atoms with Crippen molar-refractivity contribution in [2.75, 3.05) is 31.1 Å². The van der Waals surface area contributed by atoms with Crippen LogP contribution in [0.1, 0.15) is 32.6 Å². The zero-order chi connectivity index (χ0) is 13.9. The molecule has 2 unspecified atom stereocenters. The van der Waals surface area contributed by atoms with Crippen molar-refractivity contribution in [3.63, 3.8) is 0 Å². The van der Waals surface area contributed by atoms with Gasteiger partial charge in [-0.15, -0.1) is 0 Å². The van der Waals surface area contributed by atoms with E-state index in [4.69, 9.17) is 0 Å². The smallest absolute Gasteiger partial charge is 0.151 e. The molecule has 19 heavy (non-hydrogen) atoms. The van der Waals surface area contributed by atoms with E-state index >= 15 is 0 Å². The number of sulfone groups is 1. The fourth-order valence-corrected chi connectivity index (χ4v) is 4.58. The van der Waals surface area contributed by atoms with Crippen LogP contribution in [-0.2, 0) is 9.84 Å². The van der Waals surface area contributed by atoms with E-state index in [1.807, 2.05) is 6.92 Å². The van der Waals surface area contributed by atoms with E-state index in [-0.39, 0.29) is 5.75 Å². The number of nitriles is 1. The van der Waals surface area contributed by atoms with Crippen molar-refractivity contribution in [3.05, 3.63) is 0 Å². The minimum absolute atomic E-state index is 0.268. The lowest BCUT2D eigenvalue weighted by Crippen LogP contribution is -2.44.